The minimum Gasteiger partial charge on any atom is -0.495 e. The van der Waals surface area contributed by atoms with E-state index in [0.717, 1.165) is 17.3 Å². The minimum atomic E-state index is -0.549. The summed E-state index contributed by atoms with van der Waals surface area (Å²) in [6, 6.07) is 10.4. The van der Waals surface area contributed by atoms with Crippen LogP contribution in [-0.2, 0) is 15.9 Å². The van der Waals surface area contributed by atoms with Crippen LogP contribution >= 0.6 is 23.4 Å². The van der Waals surface area contributed by atoms with Crippen LogP contribution in [0, 0.1) is 15.5 Å². The van der Waals surface area contributed by atoms with Gasteiger partial charge in [0.25, 0.3) is 5.69 Å². The Morgan fingerprint density at radius 3 is 2.40 bits per heavy atom. The topological polar surface area (TPSA) is 146 Å². The number of nitro groups is 1. The summed E-state index contributed by atoms with van der Waals surface area (Å²) in [6.45, 7) is 6.09. The third-order valence-corrected chi connectivity index (χ3v) is 8.05. The molecule has 4 rings (SSSR count). The van der Waals surface area contributed by atoms with Gasteiger partial charge in [0, 0.05) is 30.2 Å². The van der Waals surface area contributed by atoms with Crippen molar-refractivity contribution in [2.24, 2.45) is 5.41 Å². The highest BCUT2D eigenvalue weighted by atomic mass is 35.5. The van der Waals surface area contributed by atoms with Gasteiger partial charge in [-0.1, -0.05) is 56.1 Å². The zero-order valence-corrected chi connectivity index (χ0v) is 25.7. The van der Waals surface area contributed by atoms with E-state index in [4.69, 9.17) is 16.3 Å². The maximum absolute atomic E-state index is 12.9. The van der Waals surface area contributed by atoms with E-state index in [9.17, 15) is 24.5 Å². The van der Waals surface area contributed by atoms with Gasteiger partial charge in [-0.15, -0.1) is 5.10 Å². The number of nitrogens with zero attached hydrogens (tertiary/aromatic N) is 3. The van der Waals surface area contributed by atoms with E-state index in [0.29, 0.717) is 39.6 Å². The Balaban J connectivity index is 1.64. The number of ketones is 1. The highest BCUT2D eigenvalue weighted by Gasteiger charge is 2.26. The van der Waals surface area contributed by atoms with Crippen molar-refractivity contribution in [2.45, 2.75) is 43.7 Å². The lowest BCUT2D eigenvalue weighted by Gasteiger charge is -2.24. The molecule has 13 heteroatoms. The summed E-state index contributed by atoms with van der Waals surface area (Å²) in [4.78, 5) is 49.2. The first-order valence-corrected chi connectivity index (χ1v) is 14.2. The summed E-state index contributed by atoms with van der Waals surface area (Å²) < 4.78 is 11.5. The second-order valence-electron chi connectivity index (χ2n) is 10.6. The molecular formula is C30H29ClN4O7S. The average molecular weight is 625 g/mol. The predicted molar refractivity (Wildman–Crippen MR) is 162 cm³/mol. The van der Waals surface area contributed by atoms with Gasteiger partial charge in [-0.3, -0.25) is 14.9 Å². The molecule has 1 N–H and O–H groups in total. The number of methoxy groups -OCH3 is 2. The number of hydrogen-bond acceptors (Lipinski definition) is 9. The number of nitro benzene ring substituents is 1. The molecule has 43 heavy (non-hydrogen) atoms. The smallest absolute Gasteiger partial charge is 0.348 e. The van der Waals surface area contributed by atoms with Crippen LogP contribution in [0.25, 0.3) is 5.70 Å². The number of carbonyl (C=O) groups is 2. The lowest BCUT2D eigenvalue weighted by atomic mass is 9.83. The van der Waals surface area contributed by atoms with Crippen molar-refractivity contribution in [1.29, 1.82) is 0 Å². The number of esters is 1. The molecular weight excluding hydrogens is 596 g/mol. The lowest BCUT2D eigenvalue weighted by Crippen LogP contribution is -2.19. The van der Waals surface area contributed by atoms with Crippen LogP contribution in [0.2, 0.25) is 0 Å². The largest absolute Gasteiger partial charge is 0.495 e. The van der Waals surface area contributed by atoms with Crippen molar-refractivity contribution in [3.63, 3.8) is 0 Å². The quantitative estimate of drug-likeness (QED) is 0.128. The highest BCUT2D eigenvalue weighted by molar-refractivity contribution is 7.99. The number of halogens is 1. The molecule has 0 radical (unpaired) electrons. The molecule has 1 aliphatic carbocycles. The summed E-state index contributed by atoms with van der Waals surface area (Å²) in [5.74, 6) is -0.353. The molecule has 0 bridgehead atoms. The van der Waals surface area contributed by atoms with E-state index in [2.05, 4.69) is 14.9 Å². The van der Waals surface area contributed by atoms with Gasteiger partial charge in [0.1, 0.15) is 5.76 Å². The Hall–Kier alpha value is -4.42. The van der Waals surface area contributed by atoms with Crippen molar-refractivity contribution >= 4 is 46.5 Å². The van der Waals surface area contributed by atoms with E-state index in [1.54, 1.807) is 12.1 Å². The SMILES string of the molecule is COC(=O)c1ccc(C(=O)Cc2ccc(Sc3n[nH]c(=O)n3C3=CC(Cl)=C(OC)C=C(C(C)(C)C)C3)c([N+](=O)[O-])c2)cc1. The van der Waals surface area contributed by atoms with Crippen molar-refractivity contribution in [2.75, 3.05) is 14.2 Å². The molecule has 0 atom stereocenters. The fourth-order valence-electron chi connectivity index (χ4n) is 4.33. The Morgan fingerprint density at radius 1 is 1.12 bits per heavy atom. The maximum atomic E-state index is 12.9. The van der Waals surface area contributed by atoms with Gasteiger partial charge in [0.15, 0.2) is 5.78 Å². The molecule has 1 aliphatic rings. The highest BCUT2D eigenvalue weighted by Crippen LogP contribution is 2.39. The third kappa shape index (κ3) is 7.15. The van der Waals surface area contributed by atoms with E-state index in [1.165, 1.54) is 55.2 Å². The van der Waals surface area contributed by atoms with Crippen LogP contribution in [0.4, 0.5) is 5.69 Å². The normalized spacial score (nSPS) is 13.6. The van der Waals surface area contributed by atoms with Gasteiger partial charge in [-0.25, -0.2) is 19.3 Å². The van der Waals surface area contributed by atoms with Crippen LogP contribution in [0.1, 0.15) is 53.5 Å². The summed E-state index contributed by atoms with van der Waals surface area (Å²) in [5.41, 5.74) is 1.49. The van der Waals surface area contributed by atoms with Crippen LogP contribution in [0.5, 0.6) is 0 Å². The lowest BCUT2D eigenvalue weighted by molar-refractivity contribution is -0.387. The number of allylic oxidation sites excluding steroid dienone is 5. The molecule has 0 spiro atoms. The van der Waals surface area contributed by atoms with E-state index in [1.807, 2.05) is 26.8 Å². The number of benzene rings is 2. The van der Waals surface area contributed by atoms with E-state index >= 15 is 0 Å². The van der Waals surface area contributed by atoms with Crippen LogP contribution in [-0.4, -0.2) is 45.7 Å². The molecule has 0 amide bonds. The molecule has 0 saturated heterocycles. The number of hydrogen-bond donors (Lipinski definition) is 1. The number of carbonyl (C=O) groups excluding carboxylic acids is 2. The summed E-state index contributed by atoms with van der Waals surface area (Å²) >= 11 is 7.46. The van der Waals surface area contributed by atoms with Crippen LogP contribution in [0.3, 0.4) is 0 Å². The van der Waals surface area contributed by atoms with Crippen molar-refractivity contribution in [1.82, 2.24) is 14.8 Å². The second kappa shape index (κ2) is 12.8. The second-order valence-corrected chi connectivity index (χ2v) is 12.0. The molecule has 11 nitrogen and oxygen atoms in total. The monoisotopic (exact) mass is 624 g/mol. The van der Waals surface area contributed by atoms with Gasteiger partial charge >= 0.3 is 11.7 Å². The molecule has 0 saturated carbocycles. The molecule has 2 aromatic carbocycles. The maximum Gasteiger partial charge on any atom is 0.348 e. The first-order chi connectivity index (χ1) is 20.3. The Morgan fingerprint density at radius 2 is 1.79 bits per heavy atom. The number of aromatic amines is 1. The van der Waals surface area contributed by atoms with Gasteiger partial charge in [-0.2, -0.15) is 0 Å². The standard InChI is InChI=1S/C30H29ClN4O7S/c1-30(2,3)20-14-21(16-22(31)25(15-20)41-4)34-28(38)32-33-29(34)43-26-11-6-17(12-23(26)35(39)40)13-24(36)18-7-9-19(10-8-18)27(37)42-5/h6-12,15-16H,13-14H2,1-5H3,(H,32,38). The van der Waals surface area contributed by atoms with Crippen LogP contribution in [0.15, 0.2) is 85.8 Å². The molecule has 0 fully saturated rings. The Labute approximate surface area is 256 Å². The minimum absolute atomic E-state index is 0.0993. The average Bonchev–Trinajstić information content (AvgIpc) is 3.23. The molecule has 0 aliphatic heterocycles. The van der Waals surface area contributed by atoms with Gasteiger partial charge in [0.2, 0.25) is 5.16 Å². The third-order valence-electron chi connectivity index (χ3n) is 6.73. The Bertz CT molecular complexity index is 1740. The zero-order chi connectivity index (χ0) is 31.5. The number of nitrogens with one attached hydrogen (secondary N) is 1. The molecule has 1 aromatic heterocycles. The van der Waals surface area contributed by atoms with Gasteiger partial charge in [-0.05, 0) is 53.1 Å². The Kier molecular flexibility index (Phi) is 9.41. The number of ether oxygens (including phenoxy) is 2. The number of rotatable bonds is 9. The summed E-state index contributed by atoms with van der Waals surface area (Å²) in [7, 11) is 2.77. The van der Waals surface area contributed by atoms with Crippen LogP contribution < -0.4 is 5.69 Å². The summed E-state index contributed by atoms with van der Waals surface area (Å²) in [6.07, 6.45) is 3.72. The first kappa shape index (κ1) is 31.5. The fraction of sp³-hybridized carbons (Fsp3) is 0.267. The molecule has 1 heterocycles. The van der Waals surface area contributed by atoms with E-state index in [-0.39, 0.29) is 33.4 Å². The van der Waals surface area contributed by atoms with E-state index < -0.39 is 16.6 Å². The fourth-order valence-corrected chi connectivity index (χ4v) is 5.54. The number of H-pyrrole nitrogens is 1. The number of Topliss-reactive ketones (excluding diaryl/α,β-unsaturated/α-hetero) is 1. The van der Waals surface area contributed by atoms with Gasteiger partial charge in [0.05, 0.1) is 34.6 Å². The predicted octanol–water partition coefficient (Wildman–Crippen LogP) is 6.16. The molecule has 224 valence electrons. The number of aromatic nitrogens is 3. The van der Waals surface area contributed by atoms with Crippen molar-refractivity contribution in [3.8, 4) is 0 Å². The summed E-state index contributed by atoms with van der Waals surface area (Å²) in [5, 5.41) is 19.1. The van der Waals surface area contributed by atoms with Gasteiger partial charge < -0.3 is 9.47 Å². The van der Waals surface area contributed by atoms with Crippen molar-refractivity contribution < 1.29 is 24.0 Å². The zero-order valence-electron chi connectivity index (χ0n) is 24.1. The first-order valence-electron chi connectivity index (χ1n) is 13.0. The van der Waals surface area contributed by atoms with Crippen molar-refractivity contribution in [3.05, 3.63) is 108 Å². The molecule has 3 aromatic rings. The molecule has 0 unspecified atom stereocenters.